The number of aliphatic hydroxyl groups excluding tert-OH is 5. The van der Waals surface area contributed by atoms with E-state index in [0.717, 1.165) is 30.4 Å². The van der Waals surface area contributed by atoms with Crippen LogP contribution in [0.3, 0.4) is 0 Å². The van der Waals surface area contributed by atoms with Crippen LogP contribution >= 0.6 is 0 Å². The molecule has 10 heteroatoms. The third kappa shape index (κ3) is 4.10. The summed E-state index contributed by atoms with van der Waals surface area (Å²) in [5.41, 5.74) is -0.231. The van der Waals surface area contributed by atoms with Gasteiger partial charge in [-0.3, -0.25) is 0 Å². The van der Waals surface area contributed by atoms with Gasteiger partial charge in [0.2, 0.25) is 0 Å². The Labute approximate surface area is 233 Å². The zero-order chi connectivity index (χ0) is 28.6. The minimum Gasteiger partial charge on any atom is -0.431 e. The maximum absolute atomic E-state index is 12.4. The second kappa shape index (κ2) is 9.98. The van der Waals surface area contributed by atoms with E-state index in [1.54, 1.807) is 6.07 Å². The van der Waals surface area contributed by atoms with Gasteiger partial charge in [0, 0.05) is 11.5 Å². The second-order valence-corrected chi connectivity index (χ2v) is 13.3. The first-order valence-corrected chi connectivity index (χ1v) is 14.6. The van der Waals surface area contributed by atoms with Crippen LogP contribution < -0.4 is 5.63 Å². The van der Waals surface area contributed by atoms with Crippen LogP contribution in [0.4, 0.5) is 0 Å². The fraction of sp³-hybridized carbons (Fsp3) is 0.767. The monoisotopic (exact) mass is 562 g/mol. The van der Waals surface area contributed by atoms with E-state index in [0.29, 0.717) is 25.7 Å². The van der Waals surface area contributed by atoms with Gasteiger partial charge < -0.3 is 44.5 Å². The predicted molar refractivity (Wildman–Crippen MR) is 141 cm³/mol. The van der Waals surface area contributed by atoms with Gasteiger partial charge in [-0.15, -0.1) is 0 Å². The highest BCUT2D eigenvalue weighted by molar-refractivity contribution is 5.32. The van der Waals surface area contributed by atoms with Crippen LogP contribution in [0.5, 0.6) is 0 Å². The molecule has 0 radical (unpaired) electrons. The van der Waals surface area contributed by atoms with Crippen LogP contribution in [0.2, 0.25) is 0 Å². The molecule has 6 N–H and O–H groups in total. The standard InChI is InChI=1S/C30H42O10/c1-28-9-7-17(39-27-26(36)25(35)24(34)21(13-31)40-27)11-16(28)4-5-19-23(28)20(32)12-29(2)18(8-10-30(19,29)37)15-3-6-22(33)38-14-15/h3,6,11,14,17-21,23-27,31-32,34-37H,4-5,7-10,12-13H2,1-2H3/t17-,18+,19+,20-,21+,23+,24+,25-,26+,27+,28-,29+,30-/m0/s1. The lowest BCUT2D eigenvalue weighted by Crippen LogP contribution is -2.65. The summed E-state index contributed by atoms with van der Waals surface area (Å²) in [6.07, 6.45) is 0.469. The predicted octanol–water partition coefficient (Wildman–Crippen LogP) is 0.957. The Balaban J connectivity index is 1.24. The van der Waals surface area contributed by atoms with Gasteiger partial charge in [0.05, 0.1) is 30.7 Å². The van der Waals surface area contributed by atoms with E-state index in [1.807, 2.05) is 6.08 Å². The van der Waals surface area contributed by atoms with Gasteiger partial charge in [-0.25, -0.2) is 4.79 Å². The number of hydrogen-bond acceptors (Lipinski definition) is 10. The van der Waals surface area contributed by atoms with Crippen molar-refractivity contribution in [1.29, 1.82) is 0 Å². The molecule has 1 aliphatic heterocycles. The Hall–Kier alpha value is -1.63. The zero-order valence-electron chi connectivity index (χ0n) is 23.1. The van der Waals surface area contributed by atoms with E-state index in [2.05, 4.69) is 13.8 Å². The maximum Gasteiger partial charge on any atom is 0.335 e. The molecule has 0 aromatic carbocycles. The van der Waals surface area contributed by atoms with E-state index in [9.17, 15) is 35.4 Å². The molecule has 4 aliphatic carbocycles. The van der Waals surface area contributed by atoms with E-state index in [1.165, 1.54) is 12.3 Å². The smallest absolute Gasteiger partial charge is 0.335 e. The maximum atomic E-state index is 12.4. The molecule has 3 saturated carbocycles. The molecule has 0 unspecified atom stereocenters. The summed E-state index contributed by atoms with van der Waals surface area (Å²) in [5.74, 6) is -0.247. The zero-order valence-corrected chi connectivity index (χ0v) is 23.1. The average molecular weight is 563 g/mol. The summed E-state index contributed by atoms with van der Waals surface area (Å²) in [6, 6.07) is 3.20. The molecule has 0 bridgehead atoms. The van der Waals surface area contributed by atoms with Crippen LogP contribution in [0, 0.1) is 22.7 Å². The van der Waals surface area contributed by atoms with Gasteiger partial charge in [0.1, 0.15) is 24.4 Å². The Morgan fingerprint density at radius 2 is 1.80 bits per heavy atom. The Kier molecular flexibility index (Phi) is 7.11. The molecule has 1 aromatic rings. The van der Waals surface area contributed by atoms with Crippen molar-refractivity contribution in [2.45, 2.75) is 113 Å². The van der Waals surface area contributed by atoms with Crippen molar-refractivity contribution in [3.05, 3.63) is 46.0 Å². The lowest BCUT2D eigenvalue weighted by Gasteiger charge is -2.63. The summed E-state index contributed by atoms with van der Waals surface area (Å²) in [7, 11) is 0. The van der Waals surface area contributed by atoms with Crippen LogP contribution in [-0.2, 0) is 9.47 Å². The second-order valence-electron chi connectivity index (χ2n) is 13.3. The van der Waals surface area contributed by atoms with E-state index < -0.39 is 66.2 Å². The van der Waals surface area contributed by atoms with Gasteiger partial charge in [-0.2, -0.15) is 0 Å². The minimum absolute atomic E-state index is 0.0233. The fourth-order valence-electron chi connectivity index (χ4n) is 9.33. The average Bonchev–Trinajstić information content (AvgIpc) is 3.20. The van der Waals surface area contributed by atoms with Crippen LogP contribution in [-0.4, -0.2) is 85.8 Å². The molecule has 4 fully saturated rings. The number of allylic oxidation sites excluding steroid dienone is 1. The summed E-state index contributed by atoms with van der Waals surface area (Å²) >= 11 is 0. The van der Waals surface area contributed by atoms with Crippen LogP contribution in [0.1, 0.15) is 70.3 Å². The summed E-state index contributed by atoms with van der Waals surface area (Å²) in [6.45, 7) is 3.73. The number of rotatable bonds is 4. The SMILES string of the molecule is C[C@]12CC[C@H](O[C@@H]3O[C@H](CO)[C@@H](O)[C@H](O)[C@H]3O)C=C1CC[C@@H]1[C@@H]2[C@@H](O)C[C@]2(C)[C@@H](c3ccc(=O)oc3)CC[C@]12O. The molecule has 5 aliphatic rings. The third-order valence-electron chi connectivity index (χ3n) is 11.5. The Morgan fingerprint density at radius 1 is 1.02 bits per heavy atom. The lowest BCUT2D eigenvalue weighted by molar-refractivity contribution is -0.309. The molecule has 0 amide bonds. The minimum atomic E-state index is -1.50. The molecule has 1 aromatic heterocycles. The number of aliphatic hydroxyl groups is 6. The first kappa shape index (κ1) is 28.5. The van der Waals surface area contributed by atoms with Gasteiger partial charge in [-0.1, -0.05) is 25.5 Å². The summed E-state index contributed by atoms with van der Waals surface area (Å²) in [5, 5.41) is 64.3. The highest BCUT2D eigenvalue weighted by Crippen LogP contribution is 2.70. The molecular formula is C30H42O10. The van der Waals surface area contributed by atoms with Crippen molar-refractivity contribution < 1.29 is 44.5 Å². The topological polar surface area (TPSA) is 170 Å². The van der Waals surface area contributed by atoms with Crippen molar-refractivity contribution in [1.82, 2.24) is 0 Å². The molecule has 222 valence electrons. The summed E-state index contributed by atoms with van der Waals surface area (Å²) in [4.78, 5) is 11.6. The van der Waals surface area contributed by atoms with Gasteiger partial charge in [0.25, 0.3) is 0 Å². The van der Waals surface area contributed by atoms with Crippen molar-refractivity contribution in [2.75, 3.05) is 6.61 Å². The van der Waals surface area contributed by atoms with Crippen molar-refractivity contribution >= 4 is 0 Å². The third-order valence-corrected chi connectivity index (χ3v) is 11.5. The van der Waals surface area contributed by atoms with Crippen molar-refractivity contribution in [3.63, 3.8) is 0 Å². The van der Waals surface area contributed by atoms with Gasteiger partial charge in [-0.05, 0) is 79.7 Å². The molecule has 1 saturated heterocycles. The number of hydrogen-bond donors (Lipinski definition) is 6. The first-order valence-electron chi connectivity index (χ1n) is 14.6. The molecule has 6 rings (SSSR count). The molecule has 10 nitrogen and oxygen atoms in total. The quantitative estimate of drug-likeness (QED) is 0.291. The molecule has 0 spiro atoms. The van der Waals surface area contributed by atoms with Gasteiger partial charge in [0.15, 0.2) is 6.29 Å². The fourth-order valence-corrected chi connectivity index (χ4v) is 9.33. The van der Waals surface area contributed by atoms with Crippen molar-refractivity contribution in [3.8, 4) is 0 Å². The Bertz CT molecular complexity index is 1180. The molecule has 40 heavy (non-hydrogen) atoms. The van der Waals surface area contributed by atoms with Gasteiger partial charge >= 0.3 is 5.63 Å². The first-order chi connectivity index (χ1) is 18.9. The lowest BCUT2D eigenvalue weighted by atomic mass is 9.44. The molecular weight excluding hydrogens is 520 g/mol. The van der Waals surface area contributed by atoms with Crippen LogP contribution in [0.15, 0.2) is 39.3 Å². The van der Waals surface area contributed by atoms with Crippen LogP contribution in [0.25, 0.3) is 0 Å². The van der Waals surface area contributed by atoms with E-state index in [-0.39, 0.29) is 23.2 Å². The van der Waals surface area contributed by atoms with E-state index in [4.69, 9.17) is 13.9 Å². The van der Waals surface area contributed by atoms with Crippen molar-refractivity contribution in [2.24, 2.45) is 22.7 Å². The largest absolute Gasteiger partial charge is 0.431 e. The number of ether oxygens (including phenoxy) is 2. The Morgan fingerprint density at radius 3 is 2.50 bits per heavy atom. The summed E-state index contributed by atoms with van der Waals surface area (Å²) < 4.78 is 16.8. The highest BCUT2D eigenvalue weighted by Gasteiger charge is 2.69. The molecule has 13 atom stereocenters. The normalized spacial score (nSPS) is 50.5. The highest BCUT2D eigenvalue weighted by atomic mass is 16.7. The molecule has 2 heterocycles. The number of fused-ring (bicyclic) bond motifs is 5. The van der Waals surface area contributed by atoms with E-state index >= 15 is 0 Å².